The molecule has 0 bridgehead atoms. The Morgan fingerprint density at radius 3 is 2.74 bits per heavy atom. The summed E-state index contributed by atoms with van der Waals surface area (Å²) in [5, 5.41) is 0. The van der Waals surface area contributed by atoms with Crippen LogP contribution >= 0.6 is 0 Å². The standard InChI is InChI=1S/C16H26N2O/c1-2-18(13-16-9-6-10-19-16)15(12-17)11-14-7-4-3-5-8-14/h3-5,7-8,15-16H,2,6,9-13,17H2,1H3. The lowest BCUT2D eigenvalue weighted by Gasteiger charge is -2.31. The van der Waals surface area contributed by atoms with E-state index in [-0.39, 0.29) is 0 Å². The second kappa shape index (κ2) is 7.63. The van der Waals surface area contributed by atoms with Crippen molar-refractivity contribution < 1.29 is 4.74 Å². The first-order valence-corrected chi connectivity index (χ1v) is 7.43. The molecule has 1 aromatic carbocycles. The van der Waals surface area contributed by atoms with Gasteiger partial charge in [0.15, 0.2) is 0 Å². The van der Waals surface area contributed by atoms with Crippen LogP contribution in [0.25, 0.3) is 0 Å². The van der Waals surface area contributed by atoms with E-state index in [2.05, 4.69) is 42.2 Å². The summed E-state index contributed by atoms with van der Waals surface area (Å²) in [5.41, 5.74) is 7.35. The van der Waals surface area contributed by atoms with E-state index < -0.39 is 0 Å². The van der Waals surface area contributed by atoms with Gasteiger partial charge in [-0.2, -0.15) is 0 Å². The summed E-state index contributed by atoms with van der Waals surface area (Å²) in [4.78, 5) is 2.48. The Morgan fingerprint density at radius 1 is 1.37 bits per heavy atom. The highest BCUT2D eigenvalue weighted by atomic mass is 16.5. The molecule has 0 amide bonds. The van der Waals surface area contributed by atoms with Crippen molar-refractivity contribution in [2.45, 2.75) is 38.3 Å². The van der Waals surface area contributed by atoms with E-state index >= 15 is 0 Å². The zero-order valence-electron chi connectivity index (χ0n) is 11.9. The molecule has 2 rings (SSSR count). The Bertz CT molecular complexity index is 349. The highest BCUT2D eigenvalue weighted by Gasteiger charge is 2.23. The van der Waals surface area contributed by atoms with Gasteiger partial charge in [0.1, 0.15) is 0 Å². The lowest BCUT2D eigenvalue weighted by atomic mass is 10.0. The minimum Gasteiger partial charge on any atom is -0.377 e. The second-order valence-electron chi connectivity index (χ2n) is 5.30. The van der Waals surface area contributed by atoms with Crippen molar-refractivity contribution in [2.24, 2.45) is 5.73 Å². The van der Waals surface area contributed by atoms with Crippen LogP contribution in [0.15, 0.2) is 30.3 Å². The molecule has 1 aliphatic rings. The van der Waals surface area contributed by atoms with Crippen molar-refractivity contribution in [3.05, 3.63) is 35.9 Å². The van der Waals surface area contributed by atoms with Crippen molar-refractivity contribution in [1.82, 2.24) is 4.90 Å². The van der Waals surface area contributed by atoms with E-state index in [0.29, 0.717) is 18.7 Å². The minimum absolute atomic E-state index is 0.407. The van der Waals surface area contributed by atoms with Gasteiger partial charge in [-0.25, -0.2) is 0 Å². The van der Waals surface area contributed by atoms with Gasteiger partial charge in [0.25, 0.3) is 0 Å². The molecule has 106 valence electrons. The smallest absolute Gasteiger partial charge is 0.0702 e. The van der Waals surface area contributed by atoms with Crippen LogP contribution in [0, 0.1) is 0 Å². The molecule has 0 aliphatic carbocycles. The minimum atomic E-state index is 0.407. The number of nitrogens with zero attached hydrogens (tertiary/aromatic N) is 1. The Hall–Kier alpha value is -0.900. The van der Waals surface area contributed by atoms with Crippen LogP contribution in [0.3, 0.4) is 0 Å². The van der Waals surface area contributed by atoms with E-state index in [0.717, 1.165) is 26.1 Å². The van der Waals surface area contributed by atoms with Gasteiger partial charge in [0.2, 0.25) is 0 Å². The number of nitrogens with two attached hydrogens (primary N) is 1. The van der Waals surface area contributed by atoms with Crippen molar-refractivity contribution in [1.29, 1.82) is 0 Å². The van der Waals surface area contributed by atoms with Gasteiger partial charge in [-0.1, -0.05) is 37.3 Å². The zero-order chi connectivity index (χ0) is 13.5. The van der Waals surface area contributed by atoms with E-state index in [4.69, 9.17) is 10.5 Å². The Morgan fingerprint density at radius 2 is 2.16 bits per heavy atom. The predicted octanol–water partition coefficient (Wildman–Crippen LogP) is 2.06. The van der Waals surface area contributed by atoms with Crippen LogP contribution in [0.5, 0.6) is 0 Å². The van der Waals surface area contributed by atoms with Crippen molar-refractivity contribution in [3.63, 3.8) is 0 Å². The molecule has 2 unspecified atom stereocenters. The van der Waals surface area contributed by atoms with Gasteiger partial charge < -0.3 is 10.5 Å². The fourth-order valence-electron chi connectivity index (χ4n) is 2.83. The molecule has 1 fully saturated rings. The van der Waals surface area contributed by atoms with E-state index in [1.807, 2.05) is 0 Å². The third-order valence-electron chi connectivity index (χ3n) is 3.97. The highest BCUT2D eigenvalue weighted by molar-refractivity contribution is 5.16. The molecule has 0 radical (unpaired) electrons. The number of hydrogen-bond donors (Lipinski definition) is 1. The first-order valence-electron chi connectivity index (χ1n) is 7.43. The quantitative estimate of drug-likeness (QED) is 0.817. The topological polar surface area (TPSA) is 38.5 Å². The van der Waals surface area contributed by atoms with Crippen LogP contribution in [0.2, 0.25) is 0 Å². The summed E-state index contributed by atoms with van der Waals surface area (Å²) in [6.45, 7) is 5.89. The molecule has 1 aliphatic heterocycles. The summed E-state index contributed by atoms with van der Waals surface area (Å²) < 4.78 is 5.75. The summed E-state index contributed by atoms with van der Waals surface area (Å²) in [6, 6.07) is 11.0. The summed E-state index contributed by atoms with van der Waals surface area (Å²) in [7, 11) is 0. The normalized spacial score (nSPS) is 20.9. The molecule has 0 aromatic heterocycles. The molecule has 0 saturated carbocycles. The fraction of sp³-hybridized carbons (Fsp3) is 0.625. The molecule has 1 aromatic rings. The van der Waals surface area contributed by atoms with Crippen LogP contribution in [0.1, 0.15) is 25.3 Å². The molecule has 1 heterocycles. The molecule has 0 spiro atoms. The molecule has 2 atom stereocenters. The van der Waals surface area contributed by atoms with Crippen LogP contribution in [-0.2, 0) is 11.2 Å². The van der Waals surface area contributed by atoms with Crippen LogP contribution in [0.4, 0.5) is 0 Å². The van der Waals surface area contributed by atoms with Crippen LogP contribution < -0.4 is 5.73 Å². The molecule has 2 N–H and O–H groups in total. The molecule has 1 saturated heterocycles. The Labute approximate surface area is 116 Å². The number of hydrogen-bond acceptors (Lipinski definition) is 3. The fourth-order valence-corrected chi connectivity index (χ4v) is 2.83. The monoisotopic (exact) mass is 262 g/mol. The zero-order valence-corrected chi connectivity index (χ0v) is 11.9. The SMILES string of the molecule is CCN(CC1CCCO1)C(CN)Cc1ccccc1. The largest absolute Gasteiger partial charge is 0.377 e. The highest BCUT2D eigenvalue weighted by Crippen LogP contribution is 2.16. The third-order valence-corrected chi connectivity index (χ3v) is 3.97. The van der Waals surface area contributed by atoms with Gasteiger partial charge >= 0.3 is 0 Å². The molecule has 19 heavy (non-hydrogen) atoms. The van der Waals surface area contributed by atoms with Crippen LogP contribution in [-0.4, -0.2) is 43.3 Å². The van der Waals surface area contributed by atoms with Gasteiger partial charge in [-0.3, -0.25) is 4.90 Å². The van der Waals surface area contributed by atoms with Crippen molar-refractivity contribution >= 4 is 0 Å². The number of ether oxygens (including phenoxy) is 1. The first kappa shape index (κ1) is 14.5. The molecular formula is C16H26N2O. The lowest BCUT2D eigenvalue weighted by Crippen LogP contribution is -2.45. The van der Waals surface area contributed by atoms with E-state index in [1.54, 1.807) is 0 Å². The maximum Gasteiger partial charge on any atom is 0.0702 e. The molecule has 3 nitrogen and oxygen atoms in total. The maximum absolute atomic E-state index is 5.99. The third kappa shape index (κ3) is 4.30. The van der Waals surface area contributed by atoms with Crippen molar-refractivity contribution in [3.8, 4) is 0 Å². The van der Waals surface area contributed by atoms with E-state index in [9.17, 15) is 0 Å². The van der Waals surface area contributed by atoms with Gasteiger partial charge in [0, 0.05) is 25.7 Å². The first-order chi connectivity index (χ1) is 9.33. The maximum atomic E-state index is 5.99. The number of likely N-dealkylation sites (N-methyl/N-ethyl adjacent to an activating group) is 1. The summed E-state index contributed by atoms with van der Waals surface area (Å²) >= 11 is 0. The molecule has 3 heteroatoms. The number of rotatable bonds is 7. The predicted molar refractivity (Wildman–Crippen MR) is 79.2 cm³/mol. The Balaban J connectivity index is 1.93. The van der Waals surface area contributed by atoms with Gasteiger partial charge in [-0.15, -0.1) is 0 Å². The summed E-state index contributed by atoms with van der Waals surface area (Å²) in [6.07, 6.45) is 3.83. The second-order valence-corrected chi connectivity index (χ2v) is 5.30. The summed E-state index contributed by atoms with van der Waals surface area (Å²) in [5.74, 6) is 0. The Kier molecular flexibility index (Phi) is 5.83. The lowest BCUT2D eigenvalue weighted by molar-refractivity contribution is 0.0603. The van der Waals surface area contributed by atoms with E-state index in [1.165, 1.54) is 18.4 Å². The number of benzene rings is 1. The van der Waals surface area contributed by atoms with Gasteiger partial charge in [0.05, 0.1) is 6.10 Å². The van der Waals surface area contributed by atoms with Crippen molar-refractivity contribution in [2.75, 3.05) is 26.2 Å². The molecular weight excluding hydrogens is 236 g/mol. The average Bonchev–Trinajstić information content (AvgIpc) is 2.96. The average molecular weight is 262 g/mol. The van der Waals surface area contributed by atoms with Gasteiger partial charge in [-0.05, 0) is 31.4 Å².